The largest absolute Gasteiger partial charge is 0.305 e. The second-order valence-electron chi connectivity index (χ2n) is 5.70. The first-order chi connectivity index (χ1) is 12.3. The van der Waals surface area contributed by atoms with Gasteiger partial charge in [-0.25, -0.2) is 25.6 Å². The van der Waals surface area contributed by atoms with Crippen molar-refractivity contribution in [3.63, 3.8) is 0 Å². The summed E-state index contributed by atoms with van der Waals surface area (Å²) in [6, 6.07) is 4.20. The summed E-state index contributed by atoms with van der Waals surface area (Å²) in [6.07, 6.45) is 0. The third kappa shape index (κ3) is 4.57. The molecule has 0 aliphatic carbocycles. The molecule has 0 unspecified atom stereocenters. The molecule has 0 heterocycles. The summed E-state index contributed by atoms with van der Waals surface area (Å²) in [7, 11) is -8.72. The quantitative estimate of drug-likeness (QED) is 0.565. The molecule has 0 fully saturated rings. The molecule has 12 heteroatoms. The van der Waals surface area contributed by atoms with E-state index in [-0.39, 0.29) is 21.7 Å². The molecule has 8 nitrogen and oxygen atoms in total. The number of benzene rings is 2. The minimum atomic E-state index is -4.49. The number of nitrogens with one attached hydrogen (secondary N) is 1. The minimum Gasteiger partial charge on any atom is -0.280 e. The molecular formula is C15H14F2N2O6S2. The van der Waals surface area contributed by atoms with Crippen molar-refractivity contribution in [2.24, 2.45) is 0 Å². The lowest BCUT2D eigenvalue weighted by atomic mass is 10.1. The zero-order valence-corrected chi connectivity index (χ0v) is 15.7. The van der Waals surface area contributed by atoms with Gasteiger partial charge in [0.05, 0.1) is 4.90 Å². The van der Waals surface area contributed by atoms with Crippen LogP contribution in [0.25, 0.3) is 0 Å². The Morgan fingerprint density at radius 1 is 1.04 bits per heavy atom. The highest BCUT2D eigenvalue weighted by atomic mass is 32.2. The molecule has 0 saturated carbocycles. The zero-order valence-electron chi connectivity index (χ0n) is 14.1. The van der Waals surface area contributed by atoms with Crippen molar-refractivity contribution < 1.29 is 30.5 Å². The van der Waals surface area contributed by atoms with Gasteiger partial charge in [0, 0.05) is 10.6 Å². The van der Waals surface area contributed by atoms with Crippen LogP contribution in [-0.4, -0.2) is 27.6 Å². The summed E-state index contributed by atoms with van der Waals surface area (Å²) in [6.45, 7) is 2.67. The number of sulfonamides is 1. The molecule has 27 heavy (non-hydrogen) atoms. The van der Waals surface area contributed by atoms with Gasteiger partial charge in [-0.1, -0.05) is 0 Å². The van der Waals surface area contributed by atoms with E-state index in [4.69, 9.17) is 0 Å². The van der Waals surface area contributed by atoms with Crippen molar-refractivity contribution in [2.45, 2.75) is 23.6 Å². The second kappa shape index (κ2) is 7.19. The second-order valence-corrected chi connectivity index (χ2v) is 9.24. The Morgan fingerprint density at radius 3 is 2.11 bits per heavy atom. The number of anilines is 1. The summed E-state index contributed by atoms with van der Waals surface area (Å²) < 4.78 is 77.9. The van der Waals surface area contributed by atoms with E-state index in [0.29, 0.717) is 12.1 Å². The van der Waals surface area contributed by atoms with Gasteiger partial charge in [-0.05, 0) is 55.3 Å². The van der Waals surface area contributed by atoms with Crippen molar-refractivity contribution in [1.82, 2.24) is 0 Å². The maximum absolute atomic E-state index is 13.7. The number of hydrogen-bond acceptors (Lipinski definition) is 6. The Hall–Kier alpha value is -2.60. The molecule has 1 N–H and O–H groups in total. The first-order valence-electron chi connectivity index (χ1n) is 7.27. The van der Waals surface area contributed by atoms with Gasteiger partial charge in [0.2, 0.25) is 9.84 Å². The predicted molar refractivity (Wildman–Crippen MR) is 92.1 cm³/mol. The van der Waals surface area contributed by atoms with Gasteiger partial charge < -0.3 is 0 Å². The molecule has 146 valence electrons. The predicted octanol–water partition coefficient (Wildman–Crippen LogP) is 2.39. The minimum absolute atomic E-state index is 0.0641. The third-order valence-electron chi connectivity index (χ3n) is 3.48. The first-order valence-corrected chi connectivity index (χ1v) is 10.4. The van der Waals surface area contributed by atoms with E-state index in [2.05, 4.69) is 0 Å². The van der Waals surface area contributed by atoms with Crippen molar-refractivity contribution >= 4 is 25.5 Å². The Morgan fingerprint density at radius 2 is 1.59 bits per heavy atom. The van der Waals surface area contributed by atoms with Crippen molar-refractivity contribution in [3.05, 3.63) is 63.2 Å². The van der Waals surface area contributed by atoms with Crippen LogP contribution in [0.1, 0.15) is 11.1 Å². The van der Waals surface area contributed by atoms with Crippen LogP contribution in [0.4, 0.5) is 14.5 Å². The highest BCUT2D eigenvalue weighted by Gasteiger charge is 2.27. The van der Waals surface area contributed by atoms with Crippen LogP contribution in [0.3, 0.4) is 0 Å². The molecule has 2 rings (SSSR count). The Balaban J connectivity index is 2.47. The van der Waals surface area contributed by atoms with E-state index in [1.807, 2.05) is 4.72 Å². The summed E-state index contributed by atoms with van der Waals surface area (Å²) >= 11 is 0. The Labute approximate surface area is 154 Å². The van der Waals surface area contributed by atoms with Crippen molar-refractivity contribution in [1.29, 1.82) is 0 Å². The number of nitro groups is 1. The average Bonchev–Trinajstić information content (AvgIpc) is 2.46. The van der Waals surface area contributed by atoms with E-state index in [0.717, 1.165) is 18.2 Å². The summed E-state index contributed by atoms with van der Waals surface area (Å²) in [5, 5.41) is 10.6. The molecule has 0 bridgehead atoms. The maximum Gasteiger partial charge on any atom is 0.305 e. The summed E-state index contributed by atoms with van der Waals surface area (Å²) in [4.78, 5) is 8.36. The van der Waals surface area contributed by atoms with Gasteiger partial charge in [0.15, 0.2) is 0 Å². The number of hydrogen-bond donors (Lipinski definition) is 1. The molecule has 0 spiro atoms. The van der Waals surface area contributed by atoms with Crippen LogP contribution in [0.5, 0.6) is 0 Å². The number of rotatable bonds is 6. The molecule has 0 radical (unpaired) electrons. The van der Waals surface area contributed by atoms with Crippen molar-refractivity contribution in [2.75, 3.05) is 10.6 Å². The van der Waals surface area contributed by atoms with Gasteiger partial charge in [-0.3, -0.25) is 14.8 Å². The maximum atomic E-state index is 13.7. The van der Waals surface area contributed by atoms with E-state index in [1.165, 1.54) is 13.8 Å². The molecule has 0 amide bonds. The summed E-state index contributed by atoms with van der Waals surface area (Å²) in [5.74, 6) is -3.43. The topological polar surface area (TPSA) is 123 Å². The zero-order chi connectivity index (χ0) is 20.6. The fourth-order valence-corrected chi connectivity index (χ4v) is 5.23. The standard InChI is InChI=1S/C15H14F2N2O6S2/c1-9-5-12(6-10(2)15(9)26(22,23)8-19(20)21)18-27(24,25)14-7-11(16)3-4-13(14)17/h3-7,18H,8H2,1-2H3. The van der Waals surface area contributed by atoms with Crippen LogP contribution in [0.2, 0.25) is 0 Å². The lowest BCUT2D eigenvalue weighted by Crippen LogP contribution is -2.18. The molecule has 0 saturated heterocycles. The van der Waals surface area contributed by atoms with Gasteiger partial charge in [0.1, 0.15) is 16.5 Å². The van der Waals surface area contributed by atoms with Crippen LogP contribution >= 0.6 is 0 Å². The van der Waals surface area contributed by atoms with Crippen LogP contribution in [0.15, 0.2) is 40.1 Å². The number of halogens is 2. The van der Waals surface area contributed by atoms with Crippen LogP contribution < -0.4 is 4.72 Å². The van der Waals surface area contributed by atoms with E-state index >= 15 is 0 Å². The number of sulfone groups is 1. The highest BCUT2D eigenvalue weighted by molar-refractivity contribution is 7.92. The Kier molecular flexibility index (Phi) is 5.52. The molecule has 0 aromatic heterocycles. The summed E-state index contributed by atoms with van der Waals surface area (Å²) in [5.41, 5.74) is 0.0252. The number of nitrogens with zero attached hydrogens (tertiary/aromatic N) is 1. The van der Waals surface area contributed by atoms with Gasteiger partial charge in [-0.15, -0.1) is 0 Å². The lowest BCUT2D eigenvalue weighted by molar-refractivity contribution is -0.458. The van der Waals surface area contributed by atoms with Gasteiger partial charge >= 0.3 is 5.88 Å². The van der Waals surface area contributed by atoms with Crippen molar-refractivity contribution in [3.8, 4) is 0 Å². The first kappa shape index (κ1) is 20.7. The van der Waals surface area contributed by atoms with Crippen LogP contribution in [-0.2, 0) is 19.9 Å². The average molecular weight is 420 g/mol. The SMILES string of the molecule is Cc1cc(NS(=O)(=O)c2cc(F)ccc2F)cc(C)c1S(=O)(=O)C[N+](=O)[O-]. The molecule has 0 aliphatic heterocycles. The van der Waals surface area contributed by atoms with E-state index in [1.54, 1.807) is 0 Å². The monoisotopic (exact) mass is 420 g/mol. The smallest absolute Gasteiger partial charge is 0.280 e. The van der Waals surface area contributed by atoms with Crippen LogP contribution in [0, 0.1) is 35.6 Å². The fourth-order valence-electron chi connectivity index (χ4n) is 2.60. The molecule has 2 aromatic rings. The Bertz CT molecular complexity index is 1110. The van der Waals surface area contributed by atoms with Gasteiger partial charge in [0.25, 0.3) is 10.0 Å². The molecular weight excluding hydrogens is 406 g/mol. The molecule has 2 aromatic carbocycles. The number of aryl methyl sites for hydroxylation is 2. The molecule has 0 atom stereocenters. The molecule has 0 aliphatic rings. The van der Waals surface area contributed by atoms with E-state index in [9.17, 15) is 35.7 Å². The fraction of sp³-hybridized carbons (Fsp3) is 0.200. The lowest BCUT2D eigenvalue weighted by Gasteiger charge is -2.14. The highest BCUT2D eigenvalue weighted by Crippen LogP contribution is 2.27. The normalized spacial score (nSPS) is 12.0. The third-order valence-corrected chi connectivity index (χ3v) is 6.69. The van der Waals surface area contributed by atoms with Gasteiger partial charge in [-0.2, -0.15) is 0 Å². The van der Waals surface area contributed by atoms with E-state index < -0.39 is 47.2 Å².